The van der Waals surface area contributed by atoms with Gasteiger partial charge < -0.3 is 19.0 Å². The van der Waals surface area contributed by atoms with Gasteiger partial charge in [-0.2, -0.15) is 5.10 Å². The maximum atomic E-state index is 14.9. The third-order valence-corrected chi connectivity index (χ3v) is 9.24. The fraction of sp³-hybridized carbons (Fsp3) is 0.206. The van der Waals surface area contributed by atoms with Crippen LogP contribution in [-0.2, 0) is 21.3 Å². The maximum absolute atomic E-state index is 14.9. The van der Waals surface area contributed by atoms with E-state index in [1.165, 1.54) is 26.4 Å². The van der Waals surface area contributed by atoms with Crippen molar-refractivity contribution in [2.45, 2.75) is 13.5 Å². The summed E-state index contributed by atoms with van der Waals surface area (Å²) in [4.78, 5) is 13.3. The van der Waals surface area contributed by atoms with E-state index in [0.717, 1.165) is 16.1 Å². The molecule has 6 rings (SSSR count). The van der Waals surface area contributed by atoms with Gasteiger partial charge in [-0.1, -0.05) is 35.9 Å². The highest BCUT2D eigenvalue weighted by atomic mass is 32.2. The molecular formula is C34H32FN5O5S. The standard InChI is InChI=1S/C34H32FN5O5S/c1-20-9-11-21(12-10-20)33-32(34(41)36-2)25-16-23(29(18-31(25)45-33)39(3)46(5,42)43)22-15-27(38-37-19-22)30-17-24-26(35)7-6-8-28(24)40(30)13-14-44-4/h6-12,15-19H,13-14H2,1-5H3,(H,36,41). The number of halogens is 1. The van der Waals surface area contributed by atoms with Crippen molar-refractivity contribution in [1.29, 1.82) is 0 Å². The van der Waals surface area contributed by atoms with Gasteiger partial charge in [0.25, 0.3) is 5.91 Å². The number of rotatable bonds is 9. The molecule has 46 heavy (non-hydrogen) atoms. The highest BCUT2D eigenvalue weighted by Crippen LogP contribution is 2.42. The van der Waals surface area contributed by atoms with Gasteiger partial charge in [-0.05, 0) is 37.3 Å². The van der Waals surface area contributed by atoms with Crippen molar-refractivity contribution < 1.29 is 26.8 Å². The summed E-state index contributed by atoms with van der Waals surface area (Å²) in [6, 6.07) is 19.3. The zero-order valence-corrected chi connectivity index (χ0v) is 26.8. The van der Waals surface area contributed by atoms with Gasteiger partial charge >= 0.3 is 0 Å². The summed E-state index contributed by atoms with van der Waals surface area (Å²) in [7, 11) is 0.860. The minimum absolute atomic E-state index is 0.313. The minimum atomic E-state index is -3.72. The summed E-state index contributed by atoms with van der Waals surface area (Å²) in [5, 5.41) is 12.3. The second-order valence-corrected chi connectivity index (χ2v) is 13.0. The average Bonchev–Trinajstić information content (AvgIpc) is 3.61. The number of carbonyl (C=O) groups is 1. The van der Waals surface area contributed by atoms with Gasteiger partial charge in [0, 0.05) is 61.3 Å². The van der Waals surface area contributed by atoms with Gasteiger partial charge in [0.15, 0.2) is 0 Å². The fourth-order valence-electron chi connectivity index (χ4n) is 5.58. The Bertz CT molecular complexity index is 2230. The monoisotopic (exact) mass is 641 g/mol. The Labute approximate surface area is 265 Å². The fourth-order valence-corrected chi connectivity index (χ4v) is 6.09. The zero-order valence-electron chi connectivity index (χ0n) is 26.0. The average molecular weight is 642 g/mol. The molecule has 0 fully saturated rings. The van der Waals surface area contributed by atoms with Crippen molar-refractivity contribution >= 4 is 43.5 Å². The maximum Gasteiger partial charge on any atom is 0.255 e. The van der Waals surface area contributed by atoms with Crippen LogP contribution in [0.4, 0.5) is 10.1 Å². The Kier molecular flexibility index (Phi) is 8.09. The number of aryl methyl sites for hydroxylation is 1. The molecule has 0 aliphatic rings. The SMILES string of the molecule is CNC(=O)c1c(-c2ccc(C)cc2)oc2cc(N(C)S(C)(=O)=O)c(-c3cnnc(-c4cc5c(F)cccc5n4CCOC)c3)cc12. The largest absolute Gasteiger partial charge is 0.455 e. The molecule has 0 spiro atoms. The van der Waals surface area contributed by atoms with E-state index in [2.05, 4.69) is 15.5 Å². The Morgan fingerprint density at radius 2 is 1.83 bits per heavy atom. The highest BCUT2D eigenvalue weighted by Gasteiger charge is 2.26. The number of fused-ring (bicyclic) bond motifs is 2. The third kappa shape index (κ3) is 5.50. The minimum Gasteiger partial charge on any atom is -0.455 e. The van der Waals surface area contributed by atoms with E-state index in [4.69, 9.17) is 9.15 Å². The number of methoxy groups -OCH3 is 1. The molecule has 0 atom stereocenters. The first kappa shape index (κ1) is 30.9. The molecule has 3 aromatic carbocycles. The van der Waals surface area contributed by atoms with E-state index in [1.54, 1.807) is 37.4 Å². The second-order valence-electron chi connectivity index (χ2n) is 11.0. The lowest BCUT2D eigenvalue weighted by atomic mass is 9.98. The van der Waals surface area contributed by atoms with Crippen LogP contribution in [0.1, 0.15) is 15.9 Å². The Balaban J connectivity index is 1.61. The zero-order chi connectivity index (χ0) is 32.7. The Morgan fingerprint density at radius 1 is 1.07 bits per heavy atom. The highest BCUT2D eigenvalue weighted by molar-refractivity contribution is 7.92. The molecule has 0 saturated carbocycles. The van der Waals surface area contributed by atoms with E-state index >= 15 is 0 Å². The van der Waals surface area contributed by atoms with Gasteiger partial charge in [0.1, 0.15) is 22.9 Å². The number of amides is 1. The van der Waals surface area contributed by atoms with Gasteiger partial charge in [-0.3, -0.25) is 9.10 Å². The van der Waals surface area contributed by atoms with Crippen LogP contribution in [0.15, 0.2) is 77.3 Å². The van der Waals surface area contributed by atoms with Crippen molar-refractivity contribution in [3.63, 3.8) is 0 Å². The van der Waals surface area contributed by atoms with Crippen molar-refractivity contribution in [3.05, 3.63) is 89.9 Å². The first-order chi connectivity index (χ1) is 22.0. The van der Waals surface area contributed by atoms with E-state index in [0.29, 0.717) is 80.1 Å². The van der Waals surface area contributed by atoms with Gasteiger partial charge in [0.2, 0.25) is 10.0 Å². The number of carbonyl (C=O) groups excluding carboxylic acids is 1. The van der Waals surface area contributed by atoms with Crippen LogP contribution >= 0.6 is 0 Å². The molecule has 6 aromatic rings. The Hall–Kier alpha value is -5.07. The topological polar surface area (TPSA) is 120 Å². The number of nitrogens with one attached hydrogen (secondary N) is 1. The number of ether oxygens (including phenoxy) is 1. The summed E-state index contributed by atoms with van der Waals surface area (Å²) >= 11 is 0. The van der Waals surface area contributed by atoms with Crippen LogP contribution in [0, 0.1) is 12.7 Å². The number of aromatic nitrogens is 3. The molecule has 10 nitrogen and oxygen atoms in total. The summed E-state index contributed by atoms with van der Waals surface area (Å²) in [5.74, 6) is -0.368. The number of anilines is 1. The molecule has 236 valence electrons. The van der Waals surface area contributed by atoms with Crippen LogP contribution in [0.3, 0.4) is 0 Å². The summed E-state index contributed by atoms with van der Waals surface area (Å²) < 4.78 is 55.2. The van der Waals surface area contributed by atoms with E-state index in [-0.39, 0.29) is 11.7 Å². The van der Waals surface area contributed by atoms with Gasteiger partial charge in [0.05, 0.1) is 41.5 Å². The van der Waals surface area contributed by atoms with Crippen molar-refractivity contribution in [2.75, 3.05) is 38.4 Å². The third-order valence-electron chi connectivity index (χ3n) is 8.05. The smallest absolute Gasteiger partial charge is 0.255 e. The number of hydrogen-bond acceptors (Lipinski definition) is 7. The molecule has 1 N–H and O–H groups in total. The number of furan rings is 1. The van der Waals surface area contributed by atoms with Crippen LogP contribution in [0.25, 0.3) is 55.7 Å². The number of sulfonamides is 1. The lowest BCUT2D eigenvalue weighted by Gasteiger charge is -2.20. The first-order valence-corrected chi connectivity index (χ1v) is 16.3. The van der Waals surface area contributed by atoms with Crippen molar-refractivity contribution in [2.24, 2.45) is 0 Å². The molecule has 0 aliphatic heterocycles. The quantitative estimate of drug-likeness (QED) is 0.205. The summed E-state index contributed by atoms with van der Waals surface area (Å²) in [5.41, 5.74) is 5.44. The molecule has 0 bridgehead atoms. The van der Waals surface area contributed by atoms with Crippen LogP contribution in [0.2, 0.25) is 0 Å². The molecular weight excluding hydrogens is 609 g/mol. The molecule has 0 radical (unpaired) electrons. The van der Waals surface area contributed by atoms with E-state index in [9.17, 15) is 17.6 Å². The summed E-state index contributed by atoms with van der Waals surface area (Å²) in [6.45, 7) is 2.78. The number of hydrogen-bond donors (Lipinski definition) is 1. The number of benzene rings is 3. The lowest BCUT2D eigenvalue weighted by molar-refractivity contribution is 0.0964. The molecule has 0 saturated heterocycles. The predicted molar refractivity (Wildman–Crippen MR) is 177 cm³/mol. The summed E-state index contributed by atoms with van der Waals surface area (Å²) in [6.07, 6.45) is 2.63. The normalized spacial score (nSPS) is 11.8. The Morgan fingerprint density at radius 3 is 2.52 bits per heavy atom. The van der Waals surface area contributed by atoms with Crippen LogP contribution in [-0.4, -0.2) is 63.2 Å². The molecule has 1 amide bonds. The van der Waals surface area contributed by atoms with Gasteiger partial charge in [-0.15, -0.1) is 5.10 Å². The second kappa shape index (κ2) is 12.0. The van der Waals surface area contributed by atoms with Crippen molar-refractivity contribution in [3.8, 4) is 33.8 Å². The first-order valence-electron chi connectivity index (χ1n) is 14.5. The van der Waals surface area contributed by atoms with Crippen molar-refractivity contribution in [1.82, 2.24) is 20.1 Å². The lowest BCUT2D eigenvalue weighted by Crippen LogP contribution is -2.25. The van der Waals surface area contributed by atoms with E-state index < -0.39 is 10.0 Å². The number of nitrogens with zero attached hydrogens (tertiary/aromatic N) is 4. The molecule has 0 unspecified atom stereocenters. The molecule has 0 aliphatic carbocycles. The predicted octanol–water partition coefficient (Wildman–Crippen LogP) is 6.03. The van der Waals surface area contributed by atoms with Gasteiger partial charge in [-0.25, -0.2) is 12.8 Å². The molecule has 3 heterocycles. The molecule has 12 heteroatoms. The van der Waals surface area contributed by atoms with E-state index in [1.807, 2.05) is 41.8 Å². The van der Waals surface area contributed by atoms with Crippen LogP contribution < -0.4 is 9.62 Å². The molecule has 3 aromatic heterocycles. The van der Waals surface area contributed by atoms with Crippen LogP contribution in [0.5, 0.6) is 0 Å².